The fourth-order valence-corrected chi connectivity index (χ4v) is 2.03. The summed E-state index contributed by atoms with van der Waals surface area (Å²) in [4.78, 5) is 10.9. The van der Waals surface area contributed by atoms with Gasteiger partial charge in [-0.15, -0.1) is 0 Å². The van der Waals surface area contributed by atoms with Crippen LogP contribution in [0.5, 0.6) is 0 Å². The van der Waals surface area contributed by atoms with Gasteiger partial charge in [0.15, 0.2) is 0 Å². The van der Waals surface area contributed by atoms with Crippen LogP contribution in [-0.2, 0) is 16.0 Å². The molecule has 0 aliphatic carbocycles. The minimum absolute atomic E-state index is 0.298. The summed E-state index contributed by atoms with van der Waals surface area (Å²) in [5, 5.41) is 4.24. The molecule has 0 radical (unpaired) electrons. The lowest BCUT2D eigenvalue weighted by Gasteiger charge is -1.98. The molecule has 0 aliphatic heterocycles. The maximum absolute atomic E-state index is 10.9. The Balaban J connectivity index is 1.98. The Kier molecular flexibility index (Phi) is 5.57. The second kappa shape index (κ2) is 7.08. The first-order valence-electron chi connectivity index (χ1n) is 4.99. The molecule has 2 nitrogen and oxygen atoms in total. The molecule has 0 spiro atoms. The Morgan fingerprint density at radius 2 is 2.33 bits per heavy atom. The van der Waals surface area contributed by atoms with Crippen LogP contribution in [0.2, 0.25) is 0 Å². The van der Waals surface area contributed by atoms with Crippen LogP contribution >= 0.6 is 11.3 Å². The lowest BCUT2D eigenvalue weighted by molar-refractivity contribution is -0.136. The van der Waals surface area contributed by atoms with Crippen molar-refractivity contribution in [2.24, 2.45) is 0 Å². The molecular weight excluding hydrogens is 208 g/mol. The number of esters is 1. The number of carbonyl (C=O) groups excluding carboxylic acids is 1. The van der Waals surface area contributed by atoms with Gasteiger partial charge in [-0.05, 0) is 41.7 Å². The standard InChI is InChI=1S/C12H14O2S/c1-2-14-12(13)7-5-3-4-6-11-8-9-15-10-11/h1,8-10H,3-7H2. The third-order valence-electron chi connectivity index (χ3n) is 2.10. The molecule has 0 aliphatic rings. The first-order valence-corrected chi connectivity index (χ1v) is 5.93. The van der Waals surface area contributed by atoms with Gasteiger partial charge in [0.2, 0.25) is 0 Å². The van der Waals surface area contributed by atoms with Crippen molar-refractivity contribution < 1.29 is 9.53 Å². The maximum Gasteiger partial charge on any atom is 0.319 e. The van der Waals surface area contributed by atoms with E-state index in [1.54, 1.807) is 11.3 Å². The van der Waals surface area contributed by atoms with Gasteiger partial charge in [0.05, 0.1) is 0 Å². The number of thiophene rings is 1. The SMILES string of the molecule is C#COC(=O)CCCCCc1ccsc1. The van der Waals surface area contributed by atoms with Crippen molar-refractivity contribution in [3.8, 4) is 12.5 Å². The Morgan fingerprint density at radius 3 is 3.00 bits per heavy atom. The van der Waals surface area contributed by atoms with Gasteiger partial charge in [-0.25, -0.2) is 0 Å². The minimum Gasteiger partial charge on any atom is -0.372 e. The Labute approximate surface area is 94.3 Å². The maximum atomic E-state index is 10.9. The normalized spacial score (nSPS) is 9.53. The van der Waals surface area contributed by atoms with E-state index < -0.39 is 0 Å². The number of ether oxygens (including phenoxy) is 1. The number of carbonyl (C=O) groups is 1. The van der Waals surface area contributed by atoms with Crippen molar-refractivity contribution in [1.29, 1.82) is 0 Å². The predicted molar refractivity (Wildman–Crippen MR) is 61.4 cm³/mol. The monoisotopic (exact) mass is 222 g/mol. The van der Waals surface area contributed by atoms with Crippen molar-refractivity contribution in [3.63, 3.8) is 0 Å². The second-order valence-corrected chi connectivity index (χ2v) is 4.06. The highest BCUT2D eigenvalue weighted by molar-refractivity contribution is 7.07. The highest BCUT2D eigenvalue weighted by Gasteiger charge is 2.00. The molecule has 0 aromatic carbocycles. The van der Waals surface area contributed by atoms with Gasteiger partial charge in [-0.2, -0.15) is 11.3 Å². The van der Waals surface area contributed by atoms with Crippen molar-refractivity contribution in [2.45, 2.75) is 32.1 Å². The largest absolute Gasteiger partial charge is 0.372 e. The smallest absolute Gasteiger partial charge is 0.319 e. The van der Waals surface area contributed by atoms with E-state index >= 15 is 0 Å². The predicted octanol–water partition coefficient (Wildman–Crippen LogP) is 2.98. The van der Waals surface area contributed by atoms with Crippen molar-refractivity contribution >= 4 is 17.3 Å². The second-order valence-electron chi connectivity index (χ2n) is 3.28. The lowest BCUT2D eigenvalue weighted by atomic mass is 10.1. The van der Waals surface area contributed by atoms with Crippen LogP contribution in [0.3, 0.4) is 0 Å². The molecule has 1 aromatic heterocycles. The van der Waals surface area contributed by atoms with Crippen molar-refractivity contribution in [1.82, 2.24) is 0 Å². The van der Waals surface area contributed by atoms with Crippen LogP contribution in [0, 0.1) is 12.5 Å². The Bertz CT molecular complexity index is 322. The molecule has 0 saturated heterocycles. The van der Waals surface area contributed by atoms with Crippen LogP contribution in [0.25, 0.3) is 0 Å². The zero-order valence-corrected chi connectivity index (χ0v) is 9.39. The average Bonchev–Trinajstić information content (AvgIpc) is 2.70. The molecule has 0 saturated carbocycles. The third kappa shape index (κ3) is 5.24. The van der Waals surface area contributed by atoms with Crippen LogP contribution in [-0.4, -0.2) is 5.97 Å². The zero-order chi connectivity index (χ0) is 10.9. The molecular formula is C12H14O2S. The van der Waals surface area contributed by atoms with E-state index in [1.165, 1.54) is 5.56 Å². The summed E-state index contributed by atoms with van der Waals surface area (Å²) in [6.07, 6.45) is 11.2. The summed E-state index contributed by atoms with van der Waals surface area (Å²) in [5.74, 6) is -0.298. The molecule has 3 heteroatoms. The molecule has 0 amide bonds. The van der Waals surface area contributed by atoms with Gasteiger partial charge in [-0.3, -0.25) is 4.79 Å². The van der Waals surface area contributed by atoms with Gasteiger partial charge in [0.1, 0.15) is 6.11 Å². The average molecular weight is 222 g/mol. The van der Waals surface area contributed by atoms with E-state index in [9.17, 15) is 4.79 Å². The van der Waals surface area contributed by atoms with E-state index in [-0.39, 0.29) is 5.97 Å². The molecule has 0 unspecified atom stereocenters. The first kappa shape index (κ1) is 11.8. The molecule has 1 rings (SSSR count). The zero-order valence-electron chi connectivity index (χ0n) is 8.57. The molecule has 0 bridgehead atoms. The molecule has 80 valence electrons. The number of terminal acetylenes is 1. The Hall–Kier alpha value is -1.27. The summed E-state index contributed by atoms with van der Waals surface area (Å²) in [6, 6.07) is 2.14. The van der Waals surface area contributed by atoms with E-state index in [0.29, 0.717) is 6.42 Å². The highest BCUT2D eigenvalue weighted by Crippen LogP contribution is 2.11. The van der Waals surface area contributed by atoms with E-state index in [4.69, 9.17) is 6.42 Å². The highest BCUT2D eigenvalue weighted by atomic mass is 32.1. The summed E-state index contributed by atoms with van der Waals surface area (Å²) < 4.78 is 4.38. The fraction of sp³-hybridized carbons (Fsp3) is 0.417. The molecule has 0 fully saturated rings. The molecule has 0 N–H and O–H groups in total. The summed E-state index contributed by atoms with van der Waals surface area (Å²) in [7, 11) is 0. The number of unbranched alkanes of at least 4 members (excludes halogenated alkanes) is 2. The van der Waals surface area contributed by atoms with E-state index in [0.717, 1.165) is 25.7 Å². The van der Waals surface area contributed by atoms with Gasteiger partial charge in [-0.1, -0.05) is 12.8 Å². The lowest BCUT2D eigenvalue weighted by Crippen LogP contribution is -1.99. The van der Waals surface area contributed by atoms with Gasteiger partial charge < -0.3 is 4.74 Å². The van der Waals surface area contributed by atoms with E-state index in [1.807, 2.05) is 6.11 Å². The van der Waals surface area contributed by atoms with Gasteiger partial charge >= 0.3 is 5.97 Å². The number of hydrogen-bond acceptors (Lipinski definition) is 3. The van der Waals surface area contributed by atoms with E-state index in [2.05, 4.69) is 21.6 Å². The topological polar surface area (TPSA) is 26.3 Å². The molecule has 1 heterocycles. The van der Waals surface area contributed by atoms with Crippen LogP contribution in [0.4, 0.5) is 0 Å². The van der Waals surface area contributed by atoms with Crippen LogP contribution < -0.4 is 0 Å². The van der Waals surface area contributed by atoms with Crippen LogP contribution in [0.15, 0.2) is 16.8 Å². The van der Waals surface area contributed by atoms with Crippen LogP contribution in [0.1, 0.15) is 31.2 Å². The summed E-state index contributed by atoms with van der Waals surface area (Å²) >= 11 is 1.72. The van der Waals surface area contributed by atoms with Gasteiger partial charge in [0.25, 0.3) is 0 Å². The Morgan fingerprint density at radius 1 is 1.47 bits per heavy atom. The molecule has 0 atom stereocenters. The number of rotatable bonds is 6. The quantitative estimate of drug-likeness (QED) is 0.420. The summed E-state index contributed by atoms with van der Waals surface area (Å²) in [5.41, 5.74) is 1.38. The number of aryl methyl sites for hydroxylation is 1. The minimum atomic E-state index is -0.298. The first-order chi connectivity index (χ1) is 7.33. The molecule has 15 heavy (non-hydrogen) atoms. The van der Waals surface area contributed by atoms with Crippen molar-refractivity contribution in [3.05, 3.63) is 22.4 Å². The summed E-state index contributed by atoms with van der Waals surface area (Å²) in [6.45, 7) is 0. The molecule has 1 aromatic rings. The van der Waals surface area contributed by atoms with Crippen molar-refractivity contribution in [2.75, 3.05) is 0 Å². The fourth-order valence-electron chi connectivity index (χ4n) is 1.33. The van der Waals surface area contributed by atoms with Gasteiger partial charge in [0, 0.05) is 6.42 Å². The third-order valence-corrected chi connectivity index (χ3v) is 2.83. The number of hydrogen-bond donors (Lipinski definition) is 0.